The van der Waals surface area contributed by atoms with Crippen molar-refractivity contribution in [2.75, 3.05) is 6.61 Å². The van der Waals surface area contributed by atoms with E-state index in [2.05, 4.69) is 15.2 Å². The molecule has 0 aromatic carbocycles. The standard InChI is InChI=1S/C9H14BN3O/c1-2-7-6-14-10(13-8(7)3-1)9-11-4-5-12-9/h4-5,7-8,13H,1-3,6H2,(H,11,12)/t7-,8-/m1/s1. The van der Waals surface area contributed by atoms with Gasteiger partial charge in [0, 0.05) is 25.0 Å². The number of nitrogens with zero attached hydrogens (tertiary/aromatic N) is 1. The van der Waals surface area contributed by atoms with Crippen LogP contribution in [0.4, 0.5) is 0 Å². The second-order valence-electron chi connectivity index (χ2n) is 4.15. The van der Waals surface area contributed by atoms with Gasteiger partial charge in [-0.05, 0) is 18.8 Å². The highest BCUT2D eigenvalue weighted by atomic mass is 16.4. The van der Waals surface area contributed by atoms with Crippen molar-refractivity contribution in [1.82, 2.24) is 15.2 Å². The third-order valence-electron chi connectivity index (χ3n) is 3.27. The van der Waals surface area contributed by atoms with E-state index in [1.165, 1.54) is 19.3 Å². The average Bonchev–Trinajstić information content (AvgIpc) is 2.88. The first kappa shape index (κ1) is 8.50. The number of imidazole rings is 1. The Labute approximate surface area is 83.6 Å². The third-order valence-corrected chi connectivity index (χ3v) is 3.27. The Morgan fingerprint density at radius 1 is 1.50 bits per heavy atom. The lowest BCUT2D eigenvalue weighted by Crippen LogP contribution is -2.59. The zero-order valence-corrected chi connectivity index (χ0v) is 8.07. The predicted molar refractivity (Wildman–Crippen MR) is 54.2 cm³/mol. The lowest BCUT2D eigenvalue weighted by Gasteiger charge is -2.30. The third kappa shape index (κ3) is 1.37. The van der Waals surface area contributed by atoms with E-state index in [4.69, 9.17) is 4.65 Å². The van der Waals surface area contributed by atoms with Gasteiger partial charge in [-0.2, -0.15) is 0 Å². The number of aromatic nitrogens is 2. The monoisotopic (exact) mass is 191 g/mol. The number of fused-ring (bicyclic) bond motifs is 1. The highest BCUT2D eigenvalue weighted by Gasteiger charge is 2.38. The molecule has 2 atom stereocenters. The molecule has 1 aliphatic carbocycles. The molecule has 4 nitrogen and oxygen atoms in total. The fourth-order valence-electron chi connectivity index (χ4n) is 2.50. The van der Waals surface area contributed by atoms with Crippen LogP contribution in [0.3, 0.4) is 0 Å². The van der Waals surface area contributed by atoms with Crippen molar-refractivity contribution in [2.45, 2.75) is 25.3 Å². The van der Waals surface area contributed by atoms with Crippen LogP contribution < -0.4 is 11.0 Å². The molecule has 74 valence electrons. The van der Waals surface area contributed by atoms with Gasteiger partial charge in [-0.25, -0.2) is 4.98 Å². The van der Waals surface area contributed by atoms with E-state index >= 15 is 0 Å². The Morgan fingerprint density at radius 3 is 3.36 bits per heavy atom. The van der Waals surface area contributed by atoms with Crippen molar-refractivity contribution in [3.8, 4) is 0 Å². The molecule has 2 N–H and O–H groups in total. The normalized spacial score (nSPS) is 31.9. The first-order valence-electron chi connectivity index (χ1n) is 5.30. The smallest absolute Gasteiger partial charge is 0.415 e. The Kier molecular flexibility index (Phi) is 2.07. The molecule has 14 heavy (non-hydrogen) atoms. The van der Waals surface area contributed by atoms with Gasteiger partial charge < -0.3 is 14.9 Å². The van der Waals surface area contributed by atoms with Crippen molar-refractivity contribution < 1.29 is 4.65 Å². The molecular formula is C9H14BN3O. The minimum absolute atomic E-state index is 0.0238. The second kappa shape index (κ2) is 3.40. The zero-order valence-electron chi connectivity index (χ0n) is 8.07. The second-order valence-corrected chi connectivity index (χ2v) is 4.15. The first-order valence-corrected chi connectivity index (χ1v) is 5.30. The molecule has 2 aliphatic rings. The molecule has 0 amide bonds. The van der Waals surface area contributed by atoms with E-state index in [-0.39, 0.29) is 7.05 Å². The molecule has 2 heterocycles. The van der Waals surface area contributed by atoms with Crippen LogP contribution in [-0.2, 0) is 4.65 Å². The van der Waals surface area contributed by atoms with Gasteiger partial charge >= 0.3 is 7.05 Å². The molecule has 2 fully saturated rings. The van der Waals surface area contributed by atoms with Gasteiger partial charge in [0.2, 0.25) is 0 Å². The predicted octanol–water partition coefficient (Wildman–Crippen LogP) is -0.107. The molecule has 3 rings (SSSR count). The van der Waals surface area contributed by atoms with Crippen LogP contribution in [-0.4, -0.2) is 29.7 Å². The Morgan fingerprint density at radius 2 is 2.50 bits per heavy atom. The van der Waals surface area contributed by atoms with Gasteiger partial charge in [0.05, 0.1) is 0 Å². The summed E-state index contributed by atoms with van der Waals surface area (Å²) < 4.78 is 5.73. The van der Waals surface area contributed by atoms with E-state index in [0.29, 0.717) is 6.04 Å². The number of hydrogen-bond acceptors (Lipinski definition) is 3. The molecule has 1 saturated carbocycles. The number of rotatable bonds is 1. The minimum Gasteiger partial charge on any atom is -0.415 e. The molecule has 0 spiro atoms. The van der Waals surface area contributed by atoms with Gasteiger partial charge in [0.1, 0.15) is 5.72 Å². The molecule has 1 aliphatic heterocycles. The maximum Gasteiger partial charge on any atom is 0.453 e. The summed E-state index contributed by atoms with van der Waals surface area (Å²) in [6.45, 7) is 0.878. The quantitative estimate of drug-likeness (QED) is 0.609. The summed E-state index contributed by atoms with van der Waals surface area (Å²) in [4.78, 5) is 7.30. The Hall–Kier alpha value is -0.805. The summed E-state index contributed by atoms with van der Waals surface area (Å²) in [5.74, 6) is 0.723. The van der Waals surface area contributed by atoms with Crippen LogP contribution in [0.5, 0.6) is 0 Å². The summed E-state index contributed by atoms with van der Waals surface area (Å²) in [6, 6.07) is 0.638. The fraction of sp³-hybridized carbons (Fsp3) is 0.667. The van der Waals surface area contributed by atoms with E-state index in [1.807, 2.05) is 6.20 Å². The molecule has 1 saturated heterocycles. The van der Waals surface area contributed by atoms with Crippen LogP contribution in [0.25, 0.3) is 0 Å². The van der Waals surface area contributed by atoms with Crippen LogP contribution in [0, 0.1) is 5.92 Å². The number of hydrogen-bond donors (Lipinski definition) is 2. The van der Waals surface area contributed by atoms with Gasteiger partial charge in [-0.1, -0.05) is 6.42 Å². The molecule has 1 aromatic rings. The van der Waals surface area contributed by atoms with E-state index in [0.717, 1.165) is 18.2 Å². The van der Waals surface area contributed by atoms with Gasteiger partial charge in [-0.15, -0.1) is 0 Å². The van der Waals surface area contributed by atoms with Crippen molar-refractivity contribution >= 4 is 12.8 Å². The molecular weight excluding hydrogens is 177 g/mol. The van der Waals surface area contributed by atoms with Crippen LogP contribution >= 0.6 is 0 Å². The first-order chi connectivity index (χ1) is 6.93. The van der Waals surface area contributed by atoms with Gasteiger partial charge in [0.25, 0.3) is 0 Å². The van der Waals surface area contributed by atoms with E-state index in [1.54, 1.807) is 6.20 Å². The largest absolute Gasteiger partial charge is 0.453 e. The van der Waals surface area contributed by atoms with Crippen molar-refractivity contribution in [1.29, 1.82) is 0 Å². The van der Waals surface area contributed by atoms with Crippen LogP contribution in [0.15, 0.2) is 12.4 Å². The lowest BCUT2D eigenvalue weighted by atomic mass is 9.77. The number of aromatic amines is 1. The van der Waals surface area contributed by atoms with Crippen molar-refractivity contribution in [3.05, 3.63) is 12.4 Å². The Bertz CT molecular complexity index is 303. The van der Waals surface area contributed by atoms with Gasteiger partial charge in [-0.3, -0.25) is 0 Å². The van der Waals surface area contributed by atoms with Crippen molar-refractivity contribution in [3.63, 3.8) is 0 Å². The molecule has 0 bridgehead atoms. The fourth-order valence-corrected chi connectivity index (χ4v) is 2.50. The summed E-state index contributed by atoms with van der Waals surface area (Å²) in [7, 11) is -0.0238. The highest BCUT2D eigenvalue weighted by molar-refractivity contribution is 6.63. The van der Waals surface area contributed by atoms with Crippen LogP contribution in [0.1, 0.15) is 19.3 Å². The van der Waals surface area contributed by atoms with E-state index in [9.17, 15) is 0 Å². The van der Waals surface area contributed by atoms with E-state index < -0.39 is 0 Å². The maximum atomic E-state index is 5.73. The summed E-state index contributed by atoms with van der Waals surface area (Å²) in [5, 5.41) is 3.50. The van der Waals surface area contributed by atoms with Gasteiger partial charge in [0.15, 0.2) is 0 Å². The SMILES string of the molecule is c1c[nH]c(B2N[C@@H]3CCC[C@@H]3CO2)n1. The summed E-state index contributed by atoms with van der Waals surface area (Å²) in [5.41, 5.74) is 0.898. The summed E-state index contributed by atoms with van der Waals surface area (Å²) in [6.07, 6.45) is 7.52. The molecule has 5 heteroatoms. The maximum absolute atomic E-state index is 5.73. The topological polar surface area (TPSA) is 49.9 Å². The van der Waals surface area contributed by atoms with Crippen LogP contribution in [0.2, 0.25) is 0 Å². The number of nitrogens with one attached hydrogen (secondary N) is 2. The minimum atomic E-state index is -0.0238. The average molecular weight is 191 g/mol. The molecule has 1 aromatic heterocycles. The van der Waals surface area contributed by atoms with Crippen molar-refractivity contribution in [2.24, 2.45) is 5.92 Å². The zero-order chi connectivity index (χ0) is 9.38. The lowest BCUT2D eigenvalue weighted by molar-refractivity contribution is 0.196. The molecule has 0 unspecified atom stereocenters. The number of H-pyrrole nitrogens is 1. The Balaban J connectivity index is 1.73. The summed E-state index contributed by atoms with van der Waals surface area (Å²) >= 11 is 0. The highest BCUT2D eigenvalue weighted by Crippen LogP contribution is 2.28. The molecule has 0 radical (unpaired) electrons.